The molecule has 130 valence electrons. The van der Waals surface area contributed by atoms with E-state index >= 15 is 0 Å². The van der Waals surface area contributed by atoms with Crippen molar-refractivity contribution in [1.82, 2.24) is 10.3 Å². The van der Waals surface area contributed by atoms with E-state index in [9.17, 15) is 4.79 Å². The van der Waals surface area contributed by atoms with Crippen molar-refractivity contribution < 1.29 is 13.9 Å². The topological polar surface area (TPSA) is 64.4 Å². The summed E-state index contributed by atoms with van der Waals surface area (Å²) in [4.78, 5) is 16.6. The van der Waals surface area contributed by atoms with Crippen LogP contribution < -0.4 is 10.1 Å². The number of hydrogen-bond donors (Lipinski definition) is 1. The van der Waals surface area contributed by atoms with Crippen molar-refractivity contribution in [2.24, 2.45) is 0 Å². The Morgan fingerprint density at radius 1 is 1.35 bits per heavy atom. The molecule has 3 aromatic rings. The monoisotopic (exact) mass is 402 g/mol. The Balaban J connectivity index is 1.79. The van der Waals surface area contributed by atoms with Gasteiger partial charge in [-0.2, -0.15) is 0 Å². The number of rotatable bonds is 3. The molecule has 8 heteroatoms. The van der Waals surface area contributed by atoms with Crippen molar-refractivity contribution in [3.05, 3.63) is 52.3 Å². The molecule has 1 amide bonds. The van der Waals surface area contributed by atoms with Gasteiger partial charge in [-0.1, -0.05) is 41.6 Å². The van der Waals surface area contributed by atoms with Gasteiger partial charge >= 0.3 is 0 Å². The Morgan fingerprint density at radius 2 is 2.19 bits per heavy atom. The van der Waals surface area contributed by atoms with Gasteiger partial charge in [0.2, 0.25) is 0 Å². The van der Waals surface area contributed by atoms with Crippen molar-refractivity contribution in [2.45, 2.75) is 0 Å². The summed E-state index contributed by atoms with van der Waals surface area (Å²) in [5.74, 6) is 0.928. The summed E-state index contributed by atoms with van der Waals surface area (Å²) in [5.41, 5.74) is 2.33. The van der Waals surface area contributed by atoms with Gasteiger partial charge in [-0.15, -0.1) is 0 Å². The first-order valence-electron chi connectivity index (χ1n) is 7.51. The third kappa shape index (κ3) is 3.09. The Bertz CT molecular complexity index is 1090. The maximum atomic E-state index is 11.8. The van der Waals surface area contributed by atoms with E-state index in [-0.39, 0.29) is 5.91 Å². The molecule has 4 rings (SSSR count). The van der Waals surface area contributed by atoms with Crippen molar-refractivity contribution in [1.29, 1.82) is 0 Å². The summed E-state index contributed by atoms with van der Waals surface area (Å²) in [6, 6.07) is 7.32. The van der Waals surface area contributed by atoms with E-state index in [2.05, 4.69) is 10.3 Å². The maximum absolute atomic E-state index is 11.8. The molecule has 1 aromatic carbocycles. The fourth-order valence-corrected chi connectivity index (χ4v) is 3.93. The van der Waals surface area contributed by atoms with Crippen molar-refractivity contribution in [2.75, 3.05) is 7.11 Å². The number of carbonyl (C=O) groups excluding carboxylic acids is 1. The molecule has 1 saturated heterocycles. The number of amides is 1. The second-order valence-corrected chi connectivity index (χ2v) is 7.58. The number of fused-ring (bicyclic) bond motifs is 1. The number of nitrogens with zero attached hydrogens (tertiary/aromatic N) is 1. The van der Waals surface area contributed by atoms with E-state index in [1.807, 2.05) is 12.1 Å². The van der Waals surface area contributed by atoms with Gasteiger partial charge in [0.05, 0.1) is 17.0 Å². The van der Waals surface area contributed by atoms with Crippen molar-refractivity contribution in [3.8, 4) is 16.9 Å². The normalized spacial score (nSPS) is 15.7. The number of hydrogen-bond acceptors (Lipinski definition) is 6. The quantitative estimate of drug-likeness (QED) is 0.508. The SMILES string of the molecule is COc1ccc(-c2cncc3cc(/C=C4\SC(=S)NC4=O)oc23)cc1Cl. The van der Waals surface area contributed by atoms with E-state index in [4.69, 9.17) is 33.0 Å². The number of thiocarbonyl (C=S) groups is 1. The predicted molar refractivity (Wildman–Crippen MR) is 107 cm³/mol. The fraction of sp³-hybridized carbons (Fsp3) is 0.0556. The Kier molecular flexibility index (Phi) is 4.44. The Hall–Kier alpha value is -2.35. The summed E-state index contributed by atoms with van der Waals surface area (Å²) in [5, 5.41) is 3.91. The van der Waals surface area contributed by atoms with E-state index in [1.165, 1.54) is 11.8 Å². The summed E-state index contributed by atoms with van der Waals surface area (Å²) in [6.07, 6.45) is 5.10. The zero-order chi connectivity index (χ0) is 18.3. The minimum absolute atomic E-state index is 0.222. The van der Waals surface area contributed by atoms with Crippen LogP contribution in [0.1, 0.15) is 5.76 Å². The second kappa shape index (κ2) is 6.75. The number of ether oxygens (including phenoxy) is 1. The van der Waals surface area contributed by atoms with Gasteiger partial charge in [0, 0.05) is 29.4 Å². The number of nitrogens with one attached hydrogen (secondary N) is 1. The molecule has 3 heterocycles. The molecule has 0 bridgehead atoms. The molecular formula is C18H11ClN2O3S2. The molecule has 1 aliphatic rings. The number of pyridine rings is 1. The number of thioether (sulfide) groups is 1. The van der Waals surface area contributed by atoms with Crippen LogP contribution in [0.4, 0.5) is 0 Å². The van der Waals surface area contributed by atoms with Crippen LogP contribution >= 0.6 is 35.6 Å². The minimum atomic E-state index is -0.222. The van der Waals surface area contributed by atoms with Gasteiger partial charge in [-0.25, -0.2) is 0 Å². The number of furan rings is 1. The van der Waals surface area contributed by atoms with Gasteiger partial charge in [0.15, 0.2) is 0 Å². The highest BCUT2D eigenvalue weighted by Gasteiger charge is 2.23. The molecule has 0 saturated carbocycles. The first kappa shape index (κ1) is 17.1. The summed E-state index contributed by atoms with van der Waals surface area (Å²) in [6.45, 7) is 0. The van der Waals surface area contributed by atoms with Gasteiger partial charge in [0.25, 0.3) is 5.91 Å². The lowest BCUT2D eigenvalue weighted by molar-refractivity contribution is -0.115. The maximum Gasteiger partial charge on any atom is 0.263 e. The highest BCUT2D eigenvalue weighted by Crippen LogP contribution is 2.35. The lowest BCUT2D eigenvalue weighted by atomic mass is 10.1. The standard InChI is InChI=1S/C18H11ClN2O3S2/c1-23-14-3-2-9(5-13(14)19)12-8-20-7-10-4-11(24-16(10)12)6-15-17(22)21-18(25)26-15/h2-8H,1H3,(H,21,22,25)/b15-6-. The third-order valence-electron chi connectivity index (χ3n) is 3.82. The second-order valence-electron chi connectivity index (χ2n) is 5.46. The Labute approximate surface area is 163 Å². The van der Waals surface area contributed by atoms with Crippen LogP contribution in [0.15, 0.2) is 46.0 Å². The molecule has 1 fully saturated rings. The molecule has 2 aromatic heterocycles. The van der Waals surface area contributed by atoms with Gasteiger partial charge in [-0.05, 0) is 23.8 Å². The summed E-state index contributed by atoms with van der Waals surface area (Å²) < 4.78 is 11.6. The zero-order valence-corrected chi connectivity index (χ0v) is 15.8. The predicted octanol–water partition coefficient (Wildman–Crippen LogP) is 4.65. The van der Waals surface area contributed by atoms with Crippen LogP contribution in [0, 0.1) is 0 Å². The molecule has 26 heavy (non-hydrogen) atoms. The fourth-order valence-electron chi connectivity index (χ4n) is 2.64. The first-order chi connectivity index (χ1) is 12.5. The van der Waals surface area contributed by atoms with Crippen LogP contribution in [0.2, 0.25) is 5.02 Å². The molecule has 0 radical (unpaired) electrons. The molecular weight excluding hydrogens is 392 g/mol. The van der Waals surface area contributed by atoms with Crippen LogP contribution in [0.5, 0.6) is 5.75 Å². The number of halogens is 1. The Morgan fingerprint density at radius 3 is 2.88 bits per heavy atom. The zero-order valence-electron chi connectivity index (χ0n) is 13.4. The molecule has 1 N–H and O–H groups in total. The van der Waals surface area contributed by atoms with Crippen LogP contribution in [-0.4, -0.2) is 22.3 Å². The van der Waals surface area contributed by atoms with Crippen LogP contribution in [-0.2, 0) is 4.79 Å². The molecule has 0 atom stereocenters. The number of carbonyl (C=O) groups is 1. The van der Waals surface area contributed by atoms with E-state index in [1.54, 1.807) is 37.7 Å². The van der Waals surface area contributed by atoms with Gasteiger partial charge in [0.1, 0.15) is 21.4 Å². The molecule has 0 aliphatic carbocycles. The summed E-state index contributed by atoms with van der Waals surface area (Å²) >= 11 is 12.4. The van der Waals surface area contributed by atoms with E-state index < -0.39 is 0 Å². The van der Waals surface area contributed by atoms with Gasteiger partial charge in [-0.3, -0.25) is 9.78 Å². The van der Waals surface area contributed by atoms with Crippen molar-refractivity contribution >= 4 is 62.9 Å². The van der Waals surface area contributed by atoms with E-state index in [0.717, 1.165) is 16.5 Å². The largest absolute Gasteiger partial charge is 0.495 e. The van der Waals surface area contributed by atoms with Crippen LogP contribution in [0.25, 0.3) is 28.2 Å². The molecule has 0 unspecified atom stereocenters. The smallest absolute Gasteiger partial charge is 0.263 e. The number of methoxy groups -OCH3 is 1. The highest BCUT2D eigenvalue weighted by molar-refractivity contribution is 8.26. The average Bonchev–Trinajstić information content (AvgIpc) is 3.16. The third-order valence-corrected chi connectivity index (χ3v) is 5.28. The number of aromatic nitrogens is 1. The molecule has 1 aliphatic heterocycles. The first-order valence-corrected chi connectivity index (χ1v) is 9.12. The van der Waals surface area contributed by atoms with Crippen LogP contribution in [0.3, 0.4) is 0 Å². The molecule has 0 spiro atoms. The summed E-state index contributed by atoms with van der Waals surface area (Å²) in [7, 11) is 1.57. The minimum Gasteiger partial charge on any atom is -0.495 e. The highest BCUT2D eigenvalue weighted by atomic mass is 35.5. The number of benzene rings is 1. The van der Waals surface area contributed by atoms with Crippen molar-refractivity contribution in [3.63, 3.8) is 0 Å². The lowest BCUT2D eigenvalue weighted by Crippen LogP contribution is -2.17. The van der Waals surface area contributed by atoms with Gasteiger partial charge < -0.3 is 14.5 Å². The molecule has 5 nitrogen and oxygen atoms in total. The average molecular weight is 403 g/mol. The van der Waals surface area contributed by atoms with E-state index in [0.29, 0.717) is 31.3 Å². The lowest BCUT2D eigenvalue weighted by Gasteiger charge is -2.06.